The van der Waals surface area contributed by atoms with Crippen molar-refractivity contribution in [2.45, 2.75) is 32.4 Å². The molecule has 6 nitrogen and oxygen atoms in total. The van der Waals surface area contributed by atoms with Gasteiger partial charge in [-0.25, -0.2) is 0 Å². The molecular formula is C28H33N3O3. The summed E-state index contributed by atoms with van der Waals surface area (Å²) in [5.41, 5.74) is 2.45. The van der Waals surface area contributed by atoms with Gasteiger partial charge in [-0.15, -0.1) is 0 Å². The highest BCUT2D eigenvalue weighted by Gasteiger charge is 2.38. The van der Waals surface area contributed by atoms with Crippen LogP contribution >= 0.6 is 0 Å². The van der Waals surface area contributed by atoms with E-state index in [0.29, 0.717) is 12.2 Å². The summed E-state index contributed by atoms with van der Waals surface area (Å²) >= 11 is 0. The number of methoxy groups -OCH3 is 1. The summed E-state index contributed by atoms with van der Waals surface area (Å²) in [5, 5.41) is 2.98. The van der Waals surface area contributed by atoms with Crippen molar-refractivity contribution in [1.82, 2.24) is 4.90 Å². The lowest BCUT2D eigenvalue weighted by Gasteiger charge is -2.37. The smallest absolute Gasteiger partial charge is 0.249 e. The molecule has 1 N–H and O–H groups in total. The second kappa shape index (κ2) is 10.9. The maximum Gasteiger partial charge on any atom is 0.249 e. The van der Waals surface area contributed by atoms with E-state index in [9.17, 15) is 9.59 Å². The first-order valence-corrected chi connectivity index (χ1v) is 11.3. The Morgan fingerprint density at radius 2 is 1.47 bits per heavy atom. The van der Waals surface area contributed by atoms with E-state index in [-0.39, 0.29) is 18.2 Å². The SMILES string of the molecule is COc1ccc(CN(C(=O)Cc2ccccc2)C(C)(C)C(=O)Nc2ccc(N(C)C)cc2)cc1. The number of amides is 2. The predicted molar refractivity (Wildman–Crippen MR) is 137 cm³/mol. The fourth-order valence-corrected chi connectivity index (χ4v) is 3.63. The number of hydrogen-bond acceptors (Lipinski definition) is 4. The second-order valence-corrected chi connectivity index (χ2v) is 8.94. The van der Waals surface area contributed by atoms with Crippen LogP contribution in [0.3, 0.4) is 0 Å². The van der Waals surface area contributed by atoms with Gasteiger partial charge >= 0.3 is 0 Å². The minimum Gasteiger partial charge on any atom is -0.497 e. The van der Waals surface area contributed by atoms with Gasteiger partial charge in [-0.05, 0) is 61.4 Å². The lowest BCUT2D eigenvalue weighted by atomic mass is 9.98. The predicted octanol–water partition coefficient (Wildman–Crippen LogP) is 4.75. The molecular weight excluding hydrogens is 426 g/mol. The number of rotatable bonds is 9. The lowest BCUT2D eigenvalue weighted by molar-refractivity contribution is -0.144. The van der Waals surface area contributed by atoms with Gasteiger partial charge in [-0.3, -0.25) is 9.59 Å². The van der Waals surface area contributed by atoms with Crippen molar-refractivity contribution >= 4 is 23.2 Å². The van der Waals surface area contributed by atoms with E-state index < -0.39 is 5.54 Å². The van der Waals surface area contributed by atoms with Crippen molar-refractivity contribution in [2.75, 3.05) is 31.4 Å². The molecule has 0 unspecified atom stereocenters. The van der Waals surface area contributed by atoms with Crippen LogP contribution in [0.2, 0.25) is 0 Å². The Morgan fingerprint density at radius 3 is 2.03 bits per heavy atom. The van der Waals surface area contributed by atoms with Crippen LogP contribution in [0.5, 0.6) is 5.75 Å². The first-order chi connectivity index (χ1) is 16.2. The molecule has 0 fully saturated rings. The van der Waals surface area contributed by atoms with Gasteiger partial charge in [0.05, 0.1) is 13.5 Å². The van der Waals surface area contributed by atoms with Crippen LogP contribution in [-0.2, 0) is 22.6 Å². The third-order valence-corrected chi connectivity index (χ3v) is 5.87. The maximum absolute atomic E-state index is 13.5. The molecule has 3 rings (SSSR count). The second-order valence-electron chi connectivity index (χ2n) is 8.94. The number of hydrogen-bond donors (Lipinski definition) is 1. The van der Waals surface area contributed by atoms with Gasteiger partial charge in [0.15, 0.2) is 0 Å². The monoisotopic (exact) mass is 459 g/mol. The fourth-order valence-electron chi connectivity index (χ4n) is 3.63. The topological polar surface area (TPSA) is 61.9 Å². The number of benzene rings is 3. The molecule has 0 saturated heterocycles. The molecule has 0 radical (unpaired) electrons. The fraction of sp³-hybridized carbons (Fsp3) is 0.286. The number of carbonyl (C=O) groups is 2. The van der Waals surface area contributed by atoms with Gasteiger partial charge in [0.2, 0.25) is 11.8 Å². The Balaban J connectivity index is 1.85. The van der Waals surface area contributed by atoms with Crippen molar-refractivity contribution in [3.8, 4) is 5.75 Å². The average Bonchev–Trinajstić information content (AvgIpc) is 2.83. The maximum atomic E-state index is 13.5. The zero-order chi connectivity index (χ0) is 24.7. The van der Waals surface area contributed by atoms with Crippen LogP contribution in [0, 0.1) is 0 Å². The molecule has 0 aromatic heterocycles. The van der Waals surface area contributed by atoms with Crippen molar-refractivity contribution in [3.05, 3.63) is 90.0 Å². The molecule has 3 aromatic rings. The molecule has 0 aliphatic carbocycles. The van der Waals surface area contributed by atoms with Crippen LogP contribution in [0.4, 0.5) is 11.4 Å². The van der Waals surface area contributed by atoms with E-state index in [2.05, 4.69) is 5.32 Å². The largest absolute Gasteiger partial charge is 0.497 e. The summed E-state index contributed by atoms with van der Waals surface area (Å²) in [5.74, 6) is 0.370. The van der Waals surface area contributed by atoms with E-state index in [1.165, 1.54) is 0 Å². The molecule has 2 amide bonds. The van der Waals surface area contributed by atoms with Crippen molar-refractivity contribution < 1.29 is 14.3 Å². The molecule has 0 aliphatic rings. The molecule has 178 valence electrons. The summed E-state index contributed by atoms with van der Waals surface area (Å²) in [4.78, 5) is 30.5. The highest BCUT2D eigenvalue weighted by Crippen LogP contribution is 2.24. The van der Waals surface area contributed by atoms with Gasteiger partial charge in [0, 0.05) is 32.0 Å². The van der Waals surface area contributed by atoms with Crippen LogP contribution in [0.1, 0.15) is 25.0 Å². The molecule has 0 bridgehead atoms. The Morgan fingerprint density at radius 1 is 0.853 bits per heavy atom. The molecule has 34 heavy (non-hydrogen) atoms. The van der Waals surface area contributed by atoms with Gasteiger partial charge in [0.25, 0.3) is 0 Å². The molecule has 0 aliphatic heterocycles. The normalized spacial score (nSPS) is 11.0. The van der Waals surface area contributed by atoms with E-state index in [0.717, 1.165) is 22.6 Å². The Bertz CT molecular complexity index is 1090. The molecule has 3 aromatic carbocycles. The van der Waals surface area contributed by atoms with Crippen LogP contribution in [-0.4, -0.2) is 43.5 Å². The number of nitrogens with one attached hydrogen (secondary N) is 1. The van der Waals surface area contributed by atoms with Crippen LogP contribution in [0.25, 0.3) is 0 Å². The van der Waals surface area contributed by atoms with Crippen LogP contribution < -0.4 is 15.0 Å². The van der Waals surface area contributed by atoms with Crippen LogP contribution in [0.15, 0.2) is 78.9 Å². The van der Waals surface area contributed by atoms with E-state index in [1.807, 2.05) is 97.9 Å². The minimum absolute atomic E-state index is 0.120. The highest BCUT2D eigenvalue weighted by molar-refractivity contribution is 6.00. The van der Waals surface area contributed by atoms with Gasteiger partial charge < -0.3 is 19.9 Å². The van der Waals surface area contributed by atoms with E-state index in [1.54, 1.807) is 25.9 Å². The summed E-state index contributed by atoms with van der Waals surface area (Å²) in [6, 6.07) is 24.7. The number of nitrogens with zero attached hydrogens (tertiary/aromatic N) is 2. The highest BCUT2D eigenvalue weighted by atomic mass is 16.5. The Hall–Kier alpha value is -3.80. The summed E-state index contributed by atoms with van der Waals surface area (Å²) in [6.45, 7) is 3.86. The number of anilines is 2. The van der Waals surface area contributed by atoms with E-state index >= 15 is 0 Å². The molecule has 0 heterocycles. The first-order valence-electron chi connectivity index (χ1n) is 11.3. The summed E-state index contributed by atoms with van der Waals surface area (Å²) < 4.78 is 5.25. The van der Waals surface area contributed by atoms with Crippen molar-refractivity contribution in [2.24, 2.45) is 0 Å². The van der Waals surface area contributed by atoms with Gasteiger partial charge in [-0.1, -0.05) is 42.5 Å². The zero-order valence-corrected chi connectivity index (χ0v) is 20.5. The quantitative estimate of drug-likeness (QED) is 0.502. The average molecular weight is 460 g/mol. The molecule has 0 saturated carbocycles. The third-order valence-electron chi connectivity index (χ3n) is 5.87. The van der Waals surface area contributed by atoms with E-state index in [4.69, 9.17) is 4.74 Å². The lowest BCUT2D eigenvalue weighted by Crippen LogP contribution is -2.55. The molecule has 0 atom stereocenters. The third kappa shape index (κ3) is 6.16. The summed E-state index contributed by atoms with van der Waals surface area (Å²) in [7, 11) is 5.54. The Kier molecular flexibility index (Phi) is 7.95. The zero-order valence-electron chi connectivity index (χ0n) is 20.5. The van der Waals surface area contributed by atoms with Crippen molar-refractivity contribution in [3.63, 3.8) is 0 Å². The molecule has 0 spiro atoms. The molecule has 6 heteroatoms. The van der Waals surface area contributed by atoms with Gasteiger partial charge in [-0.2, -0.15) is 0 Å². The van der Waals surface area contributed by atoms with Gasteiger partial charge in [0.1, 0.15) is 11.3 Å². The minimum atomic E-state index is -1.09. The first kappa shape index (κ1) is 24.8. The van der Waals surface area contributed by atoms with Crippen molar-refractivity contribution in [1.29, 1.82) is 0 Å². The number of carbonyl (C=O) groups excluding carboxylic acids is 2. The number of ether oxygens (including phenoxy) is 1. The standard InChI is InChI=1S/C28H33N3O3/c1-28(2,27(33)29-23-13-15-24(16-14-23)30(3)4)31(20-22-11-17-25(34-5)18-12-22)26(32)19-21-9-7-6-8-10-21/h6-18H,19-20H2,1-5H3,(H,29,33). The Labute approximate surface area is 202 Å². The summed E-state index contributed by atoms with van der Waals surface area (Å²) in [6.07, 6.45) is 0.214.